The number of amides is 2. The number of nitrogens with two attached hydrogens (primary N) is 1. The van der Waals surface area contributed by atoms with Crippen molar-refractivity contribution in [2.75, 3.05) is 17.6 Å². The summed E-state index contributed by atoms with van der Waals surface area (Å²) in [6.45, 7) is 2.43. The third kappa shape index (κ3) is 5.14. The first kappa shape index (κ1) is 16.5. The quantitative estimate of drug-likeness (QED) is 0.717. The highest BCUT2D eigenvalue weighted by atomic mass is 16.2. The Balaban J connectivity index is 1.91. The van der Waals surface area contributed by atoms with E-state index in [0.717, 1.165) is 5.56 Å². The van der Waals surface area contributed by atoms with Crippen LogP contribution in [-0.4, -0.2) is 18.4 Å². The SMILES string of the molecule is CCNC(=O)c1cccc(NC(=O)CCc2ccc(N)cc2)c1. The average molecular weight is 311 g/mol. The molecule has 2 rings (SSSR count). The van der Waals surface area contributed by atoms with E-state index in [-0.39, 0.29) is 11.8 Å². The number of aryl methyl sites for hydroxylation is 1. The number of carbonyl (C=O) groups excluding carboxylic acids is 2. The fourth-order valence-corrected chi connectivity index (χ4v) is 2.17. The van der Waals surface area contributed by atoms with Gasteiger partial charge < -0.3 is 16.4 Å². The molecule has 0 fully saturated rings. The maximum absolute atomic E-state index is 12.0. The number of benzene rings is 2. The summed E-state index contributed by atoms with van der Waals surface area (Å²) in [6.07, 6.45) is 1.01. The molecule has 2 amide bonds. The van der Waals surface area contributed by atoms with Crippen molar-refractivity contribution in [3.05, 3.63) is 59.7 Å². The van der Waals surface area contributed by atoms with E-state index in [4.69, 9.17) is 5.73 Å². The van der Waals surface area contributed by atoms with Crippen molar-refractivity contribution in [1.29, 1.82) is 0 Å². The van der Waals surface area contributed by atoms with E-state index in [1.165, 1.54) is 0 Å². The van der Waals surface area contributed by atoms with Gasteiger partial charge >= 0.3 is 0 Å². The lowest BCUT2D eigenvalue weighted by Crippen LogP contribution is -2.22. The summed E-state index contributed by atoms with van der Waals surface area (Å²) in [5.41, 5.74) is 8.55. The minimum atomic E-state index is -0.148. The molecule has 0 saturated heterocycles. The van der Waals surface area contributed by atoms with Gasteiger partial charge in [-0.15, -0.1) is 0 Å². The fourth-order valence-electron chi connectivity index (χ4n) is 2.17. The van der Waals surface area contributed by atoms with Crippen molar-refractivity contribution >= 4 is 23.2 Å². The van der Waals surface area contributed by atoms with Crippen LogP contribution in [0.2, 0.25) is 0 Å². The monoisotopic (exact) mass is 311 g/mol. The van der Waals surface area contributed by atoms with Crippen LogP contribution in [0.1, 0.15) is 29.3 Å². The number of hydrogen-bond donors (Lipinski definition) is 3. The van der Waals surface area contributed by atoms with Gasteiger partial charge in [0.05, 0.1) is 0 Å². The lowest BCUT2D eigenvalue weighted by Gasteiger charge is -2.08. The standard InChI is InChI=1S/C18H21N3O2/c1-2-20-18(23)14-4-3-5-16(12-14)21-17(22)11-8-13-6-9-15(19)10-7-13/h3-7,9-10,12H,2,8,11,19H2,1H3,(H,20,23)(H,21,22). The molecule has 0 saturated carbocycles. The topological polar surface area (TPSA) is 84.2 Å². The fraction of sp³-hybridized carbons (Fsp3) is 0.222. The minimum Gasteiger partial charge on any atom is -0.399 e. The lowest BCUT2D eigenvalue weighted by molar-refractivity contribution is -0.116. The molecule has 0 heterocycles. The van der Waals surface area contributed by atoms with Gasteiger partial charge in [-0.05, 0) is 49.2 Å². The zero-order valence-electron chi connectivity index (χ0n) is 13.1. The highest BCUT2D eigenvalue weighted by molar-refractivity contribution is 5.97. The number of carbonyl (C=O) groups is 2. The number of nitrogen functional groups attached to an aromatic ring is 1. The molecule has 0 aliphatic rings. The largest absolute Gasteiger partial charge is 0.399 e. The lowest BCUT2D eigenvalue weighted by atomic mass is 10.1. The third-order valence-electron chi connectivity index (χ3n) is 3.37. The second-order valence-electron chi connectivity index (χ2n) is 5.23. The molecule has 4 N–H and O–H groups in total. The second-order valence-corrected chi connectivity index (χ2v) is 5.23. The van der Waals surface area contributed by atoms with Crippen LogP contribution in [0.25, 0.3) is 0 Å². The molecule has 0 bridgehead atoms. The van der Waals surface area contributed by atoms with E-state index < -0.39 is 0 Å². The smallest absolute Gasteiger partial charge is 0.251 e. The van der Waals surface area contributed by atoms with Crippen LogP contribution >= 0.6 is 0 Å². The molecule has 0 aliphatic carbocycles. The normalized spacial score (nSPS) is 10.1. The van der Waals surface area contributed by atoms with Crippen molar-refractivity contribution in [3.8, 4) is 0 Å². The summed E-state index contributed by atoms with van der Waals surface area (Å²) in [7, 11) is 0. The van der Waals surface area contributed by atoms with E-state index in [9.17, 15) is 9.59 Å². The van der Waals surface area contributed by atoms with Crippen LogP contribution in [0.15, 0.2) is 48.5 Å². The predicted molar refractivity (Wildman–Crippen MR) is 92.3 cm³/mol. The number of hydrogen-bond acceptors (Lipinski definition) is 3. The molecule has 5 heteroatoms. The predicted octanol–water partition coefficient (Wildman–Crippen LogP) is 2.59. The van der Waals surface area contributed by atoms with E-state index in [2.05, 4.69) is 10.6 Å². The van der Waals surface area contributed by atoms with Gasteiger partial charge in [0.15, 0.2) is 0 Å². The maximum atomic E-state index is 12.0. The maximum Gasteiger partial charge on any atom is 0.251 e. The molecule has 2 aromatic rings. The molecular formula is C18H21N3O2. The van der Waals surface area contributed by atoms with Gasteiger partial charge in [-0.3, -0.25) is 9.59 Å². The Labute approximate surface area is 135 Å². The molecule has 0 aromatic heterocycles. The molecule has 0 aliphatic heterocycles. The number of nitrogens with one attached hydrogen (secondary N) is 2. The van der Waals surface area contributed by atoms with Gasteiger partial charge in [0.25, 0.3) is 5.91 Å². The van der Waals surface area contributed by atoms with Gasteiger partial charge in [0.1, 0.15) is 0 Å². The van der Waals surface area contributed by atoms with Crippen molar-refractivity contribution in [2.24, 2.45) is 0 Å². The highest BCUT2D eigenvalue weighted by Gasteiger charge is 2.07. The summed E-state index contributed by atoms with van der Waals surface area (Å²) in [4.78, 5) is 23.8. The first-order chi connectivity index (χ1) is 11.1. The Kier molecular flexibility index (Phi) is 5.74. The van der Waals surface area contributed by atoms with Crippen LogP contribution < -0.4 is 16.4 Å². The Hall–Kier alpha value is -2.82. The molecule has 23 heavy (non-hydrogen) atoms. The Morgan fingerprint density at radius 3 is 2.52 bits per heavy atom. The summed E-state index contributed by atoms with van der Waals surface area (Å²) in [6, 6.07) is 14.4. The zero-order chi connectivity index (χ0) is 16.7. The van der Waals surface area contributed by atoms with Gasteiger partial charge in [0.2, 0.25) is 5.91 Å². The molecule has 2 aromatic carbocycles. The first-order valence-corrected chi connectivity index (χ1v) is 7.61. The van der Waals surface area contributed by atoms with Gasteiger partial charge in [-0.2, -0.15) is 0 Å². The Bertz CT molecular complexity index is 681. The highest BCUT2D eigenvalue weighted by Crippen LogP contribution is 2.12. The van der Waals surface area contributed by atoms with Crippen LogP contribution in [-0.2, 0) is 11.2 Å². The zero-order valence-corrected chi connectivity index (χ0v) is 13.1. The molecular weight excluding hydrogens is 290 g/mol. The van der Waals surface area contributed by atoms with Gasteiger partial charge in [-0.25, -0.2) is 0 Å². The molecule has 5 nitrogen and oxygen atoms in total. The summed E-state index contributed by atoms with van der Waals surface area (Å²) < 4.78 is 0. The second kappa shape index (κ2) is 7.98. The van der Waals surface area contributed by atoms with Crippen LogP contribution in [0.5, 0.6) is 0 Å². The van der Waals surface area contributed by atoms with Gasteiger partial charge in [0, 0.05) is 29.9 Å². The van der Waals surface area contributed by atoms with Crippen molar-refractivity contribution < 1.29 is 9.59 Å². The Morgan fingerprint density at radius 2 is 1.83 bits per heavy atom. The van der Waals surface area contributed by atoms with Gasteiger partial charge in [-0.1, -0.05) is 18.2 Å². The van der Waals surface area contributed by atoms with Crippen LogP contribution in [0.4, 0.5) is 11.4 Å². The van der Waals surface area contributed by atoms with E-state index in [1.54, 1.807) is 24.3 Å². The van der Waals surface area contributed by atoms with Crippen molar-refractivity contribution in [3.63, 3.8) is 0 Å². The van der Waals surface area contributed by atoms with E-state index >= 15 is 0 Å². The molecule has 0 unspecified atom stereocenters. The summed E-state index contributed by atoms with van der Waals surface area (Å²) in [5, 5.41) is 5.55. The molecule has 0 radical (unpaired) electrons. The molecule has 0 spiro atoms. The summed E-state index contributed by atoms with van der Waals surface area (Å²) in [5.74, 6) is -0.236. The summed E-state index contributed by atoms with van der Waals surface area (Å²) >= 11 is 0. The Morgan fingerprint density at radius 1 is 1.09 bits per heavy atom. The number of rotatable bonds is 6. The number of anilines is 2. The molecule has 0 atom stereocenters. The minimum absolute atomic E-state index is 0.0881. The first-order valence-electron chi connectivity index (χ1n) is 7.61. The average Bonchev–Trinajstić information content (AvgIpc) is 2.55. The van der Waals surface area contributed by atoms with Crippen LogP contribution in [0.3, 0.4) is 0 Å². The molecule has 120 valence electrons. The van der Waals surface area contributed by atoms with Crippen LogP contribution in [0, 0.1) is 0 Å². The van der Waals surface area contributed by atoms with Crippen molar-refractivity contribution in [1.82, 2.24) is 5.32 Å². The van der Waals surface area contributed by atoms with E-state index in [0.29, 0.717) is 36.3 Å². The van der Waals surface area contributed by atoms with Crippen molar-refractivity contribution in [2.45, 2.75) is 19.8 Å². The van der Waals surface area contributed by atoms with E-state index in [1.807, 2.05) is 31.2 Å². The third-order valence-corrected chi connectivity index (χ3v) is 3.37.